The van der Waals surface area contributed by atoms with E-state index in [1.807, 2.05) is 27.7 Å². The van der Waals surface area contributed by atoms with Crippen LogP contribution >= 0.6 is 0 Å². The summed E-state index contributed by atoms with van der Waals surface area (Å²) in [6.07, 6.45) is 11.9. The van der Waals surface area contributed by atoms with Crippen molar-refractivity contribution < 1.29 is 0 Å². The van der Waals surface area contributed by atoms with Gasteiger partial charge in [0.15, 0.2) is 0 Å². The molecule has 0 aromatic heterocycles. The highest BCUT2D eigenvalue weighted by atomic mass is 14.3. The molecule has 19 heavy (non-hydrogen) atoms. The molecule has 0 atom stereocenters. The topological polar surface area (TPSA) is 0 Å². The lowest BCUT2D eigenvalue weighted by Gasteiger charge is -2.28. The Balaban J connectivity index is -0.000000467. The molecule has 0 saturated heterocycles. The lowest BCUT2D eigenvalue weighted by Crippen LogP contribution is -2.14. The maximum Gasteiger partial charge on any atom is -0.0414 e. The Hall–Kier alpha value is 0. The molecule has 120 valence electrons. The molecule has 0 N–H and O–H groups in total. The van der Waals surface area contributed by atoms with Gasteiger partial charge in [0.05, 0.1) is 0 Å². The molecule has 0 unspecified atom stereocenters. The third-order valence-corrected chi connectivity index (χ3v) is 3.82. The summed E-state index contributed by atoms with van der Waals surface area (Å²) >= 11 is 0. The zero-order valence-corrected chi connectivity index (χ0v) is 14.4. The summed E-state index contributed by atoms with van der Waals surface area (Å²) in [5.74, 6) is 3.06. The molecule has 0 radical (unpaired) electrons. The highest BCUT2D eigenvalue weighted by Crippen LogP contribution is 2.34. The lowest BCUT2D eigenvalue weighted by atomic mass is 9.78. The first-order chi connectivity index (χ1) is 8.72. The Kier molecular flexibility index (Phi) is 22.8. The average Bonchev–Trinajstić information content (AvgIpc) is 2.43. The van der Waals surface area contributed by atoms with E-state index in [1.54, 1.807) is 0 Å². The monoisotopic (exact) mass is 272 g/mol. The molecule has 0 bridgehead atoms. The SMILES string of the molecule is C.CC.CC.CCCC1CCC(CCC(C)C)CC1. The summed E-state index contributed by atoms with van der Waals surface area (Å²) in [7, 11) is 0. The molecule has 1 rings (SSSR count). The summed E-state index contributed by atoms with van der Waals surface area (Å²) in [5, 5.41) is 0. The highest BCUT2D eigenvalue weighted by molar-refractivity contribution is 4.72. The second-order valence-electron chi connectivity index (χ2n) is 5.65. The highest BCUT2D eigenvalue weighted by Gasteiger charge is 2.20. The van der Waals surface area contributed by atoms with Gasteiger partial charge in [0.25, 0.3) is 0 Å². The molecule has 0 heterocycles. The van der Waals surface area contributed by atoms with Gasteiger partial charge in [-0.2, -0.15) is 0 Å². The van der Waals surface area contributed by atoms with Crippen LogP contribution in [0, 0.1) is 17.8 Å². The number of hydrogen-bond donors (Lipinski definition) is 0. The molecule has 0 aromatic carbocycles. The second kappa shape index (κ2) is 18.0. The smallest absolute Gasteiger partial charge is 0.0414 e. The molecule has 0 aliphatic heterocycles. The standard InChI is InChI=1S/C14H28.2C2H6.CH4/c1-4-5-13-8-10-14(11-9-13)7-6-12(2)3;2*1-2;/h12-14H,4-11H2,1-3H3;2*1-2H3;1H4. The third-order valence-electron chi connectivity index (χ3n) is 3.82. The van der Waals surface area contributed by atoms with Gasteiger partial charge in [-0.25, -0.2) is 0 Å². The summed E-state index contributed by atoms with van der Waals surface area (Å²) in [5.41, 5.74) is 0. The first kappa shape index (κ1) is 24.0. The van der Waals surface area contributed by atoms with Gasteiger partial charge in [0.1, 0.15) is 0 Å². The zero-order chi connectivity index (χ0) is 14.4. The van der Waals surface area contributed by atoms with E-state index in [4.69, 9.17) is 0 Å². The van der Waals surface area contributed by atoms with Gasteiger partial charge in [0, 0.05) is 0 Å². The van der Waals surface area contributed by atoms with Crippen LogP contribution in [0.25, 0.3) is 0 Å². The molecule has 0 nitrogen and oxygen atoms in total. The minimum Gasteiger partial charge on any atom is -0.0776 e. The predicted octanol–water partition coefficient (Wildman–Crippen LogP) is 7.72. The second-order valence-corrected chi connectivity index (χ2v) is 5.65. The van der Waals surface area contributed by atoms with Crippen LogP contribution in [0.1, 0.15) is 107 Å². The summed E-state index contributed by atoms with van der Waals surface area (Å²) < 4.78 is 0. The Morgan fingerprint density at radius 1 is 0.789 bits per heavy atom. The van der Waals surface area contributed by atoms with E-state index in [9.17, 15) is 0 Å². The minimum absolute atomic E-state index is 0. The Morgan fingerprint density at radius 3 is 1.47 bits per heavy atom. The van der Waals surface area contributed by atoms with Gasteiger partial charge in [-0.1, -0.05) is 107 Å². The van der Waals surface area contributed by atoms with Crippen LogP contribution in [0.5, 0.6) is 0 Å². The van der Waals surface area contributed by atoms with Crippen molar-refractivity contribution in [3.8, 4) is 0 Å². The van der Waals surface area contributed by atoms with Gasteiger partial charge in [-0.05, 0) is 17.8 Å². The van der Waals surface area contributed by atoms with E-state index in [1.165, 1.54) is 51.4 Å². The first-order valence-corrected chi connectivity index (χ1v) is 8.72. The van der Waals surface area contributed by atoms with Crippen LogP contribution < -0.4 is 0 Å². The van der Waals surface area contributed by atoms with E-state index in [-0.39, 0.29) is 7.43 Å². The van der Waals surface area contributed by atoms with E-state index in [0.717, 1.165) is 17.8 Å². The van der Waals surface area contributed by atoms with E-state index >= 15 is 0 Å². The molecule has 0 spiro atoms. The molecular formula is C19H44. The quantitative estimate of drug-likeness (QED) is 0.480. The van der Waals surface area contributed by atoms with Gasteiger partial charge in [-0.15, -0.1) is 0 Å². The third kappa shape index (κ3) is 14.2. The zero-order valence-electron chi connectivity index (χ0n) is 14.4. The molecule has 1 aliphatic rings. The average molecular weight is 273 g/mol. The first-order valence-electron chi connectivity index (χ1n) is 8.72. The minimum atomic E-state index is 0. The van der Waals surface area contributed by atoms with Crippen molar-refractivity contribution in [1.82, 2.24) is 0 Å². The Labute approximate surface area is 125 Å². The Morgan fingerprint density at radius 2 is 1.16 bits per heavy atom. The van der Waals surface area contributed by atoms with Crippen molar-refractivity contribution >= 4 is 0 Å². The molecular weight excluding hydrogens is 228 g/mol. The molecule has 1 saturated carbocycles. The van der Waals surface area contributed by atoms with Crippen LogP contribution in [0.4, 0.5) is 0 Å². The lowest BCUT2D eigenvalue weighted by molar-refractivity contribution is 0.243. The fourth-order valence-electron chi connectivity index (χ4n) is 2.79. The van der Waals surface area contributed by atoms with E-state index in [2.05, 4.69) is 20.8 Å². The molecule has 0 aromatic rings. The largest absolute Gasteiger partial charge is 0.0776 e. The van der Waals surface area contributed by atoms with Crippen LogP contribution in [0.3, 0.4) is 0 Å². The van der Waals surface area contributed by atoms with E-state index < -0.39 is 0 Å². The van der Waals surface area contributed by atoms with Crippen LogP contribution in [0.2, 0.25) is 0 Å². The van der Waals surface area contributed by atoms with Crippen molar-refractivity contribution in [3.05, 3.63) is 0 Å². The molecule has 0 heteroatoms. The van der Waals surface area contributed by atoms with Gasteiger partial charge < -0.3 is 0 Å². The predicted molar refractivity (Wildman–Crippen MR) is 93.9 cm³/mol. The van der Waals surface area contributed by atoms with E-state index in [0.29, 0.717) is 0 Å². The van der Waals surface area contributed by atoms with Crippen molar-refractivity contribution in [2.24, 2.45) is 17.8 Å². The van der Waals surface area contributed by atoms with Gasteiger partial charge in [0.2, 0.25) is 0 Å². The molecule has 1 fully saturated rings. The summed E-state index contributed by atoms with van der Waals surface area (Å²) in [4.78, 5) is 0. The maximum atomic E-state index is 2.35. The van der Waals surface area contributed by atoms with Crippen LogP contribution in [-0.2, 0) is 0 Å². The van der Waals surface area contributed by atoms with Crippen LogP contribution in [0.15, 0.2) is 0 Å². The normalized spacial score (nSPS) is 21.5. The van der Waals surface area contributed by atoms with Crippen molar-refractivity contribution in [2.45, 2.75) is 107 Å². The maximum absolute atomic E-state index is 2.35. The number of rotatable bonds is 5. The van der Waals surface area contributed by atoms with Gasteiger partial charge in [-0.3, -0.25) is 0 Å². The summed E-state index contributed by atoms with van der Waals surface area (Å²) in [6, 6.07) is 0. The van der Waals surface area contributed by atoms with Crippen molar-refractivity contribution in [1.29, 1.82) is 0 Å². The van der Waals surface area contributed by atoms with Crippen LogP contribution in [-0.4, -0.2) is 0 Å². The Bertz CT molecular complexity index is 129. The summed E-state index contributed by atoms with van der Waals surface area (Å²) in [6.45, 7) is 15.0. The number of hydrogen-bond acceptors (Lipinski definition) is 0. The van der Waals surface area contributed by atoms with Crippen molar-refractivity contribution in [2.75, 3.05) is 0 Å². The fourth-order valence-corrected chi connectivity index (χ4v) is 2.79. The van der Waals surface area contributed by atoms with Gasteiger partial charge >= 0.3 is 0 Å². The molecule has 0 amide bonds. The molecule has 1 aliphatic carbocycles. The fraction of sp³-hybridized carbons (Fsp3) is 1.00. The van der Waals surface area contributed by atoms with Crippen molar-refractivity contribution in [3.63, 3.8) is 0 Å².